The van der Waals surface area contributed by atoms with Crippen LogP contribution in [0.1, 0.15) is 24.8 Å². The Morgan fingerprint density at radius 2 is 1.91 bits per heavy atom. The Morgan fingerprint density at radius 1 is 1.14 bits per heavy atom. The van der Waals surface area contributed by atoms with Gasteiger partial charge in [-0.2, -0.15) is 0 Å². The molecule has 2 heterocycles. The maximum Gasteiger partial charge on any atom is 0.222 e. The van der Waals surface area contributed by atoms with Crippen molar-refractivity contribution in [1.82, 2.24) is 14.8 Å². The fourth-order valence-electron chi connectivity index (χ4n) is 3.51. The first-order valence-electron chi connectivity index (χ1n) is 8.38. The van der Waals surface area contributed by atoms with E-state index in [2.05, 4.69) is 28.1 Å². The van der Waals surface area contributed by atoms with Gasteiger partial charge in [-0.15, -0.1) is 0 Å². The Morgan fingerprint density at radius 3 is 2.68 bits per heavy atom. The van der Waals surface area contributed by atoms with Gasteiger partial charge >= 0.3 is 0 Å². The predicted octanol–water partition coefficient (Wildman–Crippen LogP) is 2.41. The largest absolute Gasteiger partial charge is 0.361 e. The summed E-state index contributed by atoms with van der Waals surface area (Å²) in [6, 6.07) is 9.12. The van der Waals surface area contributed by atoms with Crippen LogP contribution in [-0.4, -0.2) is 52.9 Å². The lowest BCUT2D eigenvalue weighted by atomic mass is 10.1. The molecule has 1 saturated carbocycles. The smallest absolute Gasteiger partial charge is 0.222 e. The molecule has 1 aliphatic carbocycles. The van der Waals surface area contributed by atoms with E-state index in [-0.39, 0.29) is 0 Å². The highest BCUT2D eigenvalue weighted by Crippen LogP contribution is 2.27. The van der Waals surface area contributed by atoms with Crippen LogP contribution in [0.4, 0.5) is 0 Å². The predicted molar refractivity (Wildman–Crippen MR) is 87.8 cm³/mol. The van der Waals surface area contributed by atoms with Gasteiger partial charge in [-0.1, -0.05) is 18.2 Å². The number of H-pyrrole nitrogens is 1. The van der Waals surface area contributed by atoms with Crippen LogP contribution < -0.4 is 0 Å². The van der Waals surface area contributed by atoms with Gasteiger partial charge < -0.3 is 9.88 Å². The molecule has 1 aromatic carbocycles. The molecule has 0 bridgehead atoms. The second-order valence-corrected chi connectivity index (χ2v) is 6.51. The molecular formula is C18H23N3O. The normalized spacial score (nSPS) is 19.7. The molecule has 22 heavy (non-hydrogen) atoms. The highest BCUT2D eigenvalue weighted by Gasteiger charge is 2.32. The van der Waals surface area contributed by atoms with Crippen molar-refractivity contribution in [2.45, 2.75) is 31.7 Å². The van der Waals surface area contributed by atoms with E-state index < -0.39 is 0 Å². The number of benzene rings is 1. The minimum atomic E-state index is 0.306. The van der Waals surface area contributed by atoms with Crippen LogP contribution in [0.3, 0.4) is 0 Å². The SMILES string of the molecule is O=C(CCc1c[nH]c2ccccc12)N1CCN(C2CC2)CC1. The van der Waals surface area contributed by atoms with E-state index in [4.69, 9.17) is 0 Å². The number of aromatic amines is 1. The number of carbonyl (C=O) groups is 1. The topological polar surface area (TPSA) is 39.3 Å². The van der Waals surface area contributed by atoms with Crippen LogP contribution in [0, 0.1) is 0 Å². The number of para-hydroxylation sites is 1. The molecule has 2 aromatic rings. The Balaban J connectivity index is 1.32. The lowest BCUT2D eigenvalue weighted by Crippen LogP contribution is -2.49. The van der Waals surface area contributed by atoms with E-state index in [1.165, 1.54) is 23.8 Å². The van der Waals surface area contributed by atoms with Crippen molar-refractivity contribution in [3.63, 3.8) is 0 Å². The molecule has 1 aromatic heterocycles. The third-order valence-electron chi connectivity index (χ3n) is 5.01. The molecule has 4 rings (SSSR count). The van der Waals surface area contributed by atoms with Crippen molar-refractivity contribution in [2.75, 3.05) is 26.2 Å². The zero-order valence-electron chi connectivity index (χ0n) is 12.9. The zero-order valence-corrected chi connectivity index (χ0v) is 12.9. The minimum Gasteiger partial charge on any atom is -0.361 e. The summed E-state index contributed by atoms with van der Waals surface area (Å²) in [6.07, 6.45) is 6.20. The van der Waals surface area contributed by atoms with Crippen LogP contribution in [0.2, 0.25) is 0 Å². The standard InChI is InChI=1S/C18H23N3O/c22-18(21-11-9-20(10-12-21)15-6-7-15)8-5-14-13-19-17-4-2-1-3-16(14)17/h1-4,13,15,19H,5-12H2. The summed E-state index contributed by atoms with van der Waals surface area (Å²) in [7, 11) is 0. The highest BCUT2D eigenvalue weighted by atomic mass is 16.2. The summed E-state index contributed by atoms with van der Waals surface area (Å²) in [5, 5.41) is 1.24. The Labute approximate surface area is 131 Å². The van der Waals surface area contributed by atoms with E-state index >= 15 is 0 Å². The first-order chi connectivity index (χ1) is 10.8. The van der Waals surface area contributed by atoms with Gasteiger partial charge in [0.2, 0.25) is 5.91 Å². The van der Waals surface area contributed by atoms with Gasteiger partial charge in [0.25, 0.3) is 0 Å². The van der Waals surface area contributed by atoms with E-state index in [0.29, 0.717) is 12.3 Å². The Kier molecular flexibility index (Phi) is 3.62. The maximum absolute atomic E-state index is 12.4. The number of aryl methyl sites for hydroxylation is 1. The number of nitrogens with zero attached hydrogens (tertiary/aromatic N) is 2. The third kappa shape index (κ3) is 2.75. The first kappa shape index (κ1) is 13.8. The Hall–Kier alpha value is -1.81. The van der Waals surface area contributed by atoms with Crippen molar-refractivity contribution in [3.05, 3.63) is 36.0 Å². The second kappa shape index (κ2) is 5.76. The summed E-state index contributed by atoms with van der Waals surface area (Å²) in [5.74, 6) is 0.306. The Bertz CT molecular complexity index is 666. The summed E-state index contributed by atoms with van der Waals surface area (Å²) >= 11 is 0. The number of fused-ring (bicyclic) bond motifs is 1. The number of rotatable bonds is 4. The number of carbonyl (C=O) groups excluding carboxylic acids is 1. The number of nitrogens with one attached hydrogen (secondary N) is 1. The molecule has 4 heteroatoms. The summed E-state index contributed by atoms with van der Waals surface area (Å²) < 4.78 is 0. The average Bonchev–Trinajstić information content (AvgIpc) is 3.34. The van der Waals surface area contributed by atoms with Crippen molar-refractivity contribution in [2.24, 2.45) is 0 Å². The molecule has 2 aliphatic rings. The number of hydrogen-bond acceptors (Lipinski definition) is 2. The number of piperazine rings is 1. The van der Waals surface area contributed by atoms with Crippen LogP contribution in [0.15, 0.2) is 30.5 Å². The van der Waals surface area contributed by atoms with Crippen molar-refractivity contribution < 1.29 is 4.79 Å². The van der Waals surface area contributed by atoms with Gasteiger partial charge in [-0.05, 0) is 30.9 Å². The number of aromatic nitrogens is 1. The molecule has 1 N–H and O–H groups in total. The highest BCUT2D eigenvalue weighted by molar-refractivity contribution is 5.84. The van der Waals surface area contributed by atoms with Gasteiger partial charge in [0.1, 0.15) is 0 Å². The number of amides is 1. The fourth-order valence-corrected chi connectivity index (χ4v) is 3.51. The maximum atomic E-state index is 12.4. The molecule has 0 atom stereocenters. The summed E-state index contributed by atoms with van der Waals surface area (Å²) in [5.41, 5.74) is 2.41. The summed E-state index contributed by atoms with van der Waals surface area (Å²) in [4.78, 5) is 20.3. The van der Waals surface area contributed by atoms with Gasteiger partial charge in [0.15, 0.2) is 0 Å². The molecule has 0 radical (unpaired) electrons. The van der Waals surface area contributed by atoms with E-state index in [0.717, 1.165) is 44.2 Å². The van der Waals surface area contributed by atoms with Crippen molar-refractivity contribution in [3.8, 4) is 0 Å². The average molecular weight is 297 g/mol. The van der Waals surface area contributed by atoms with E-state index in [9.17, 15) is 4.79 Å². The minimum absolute atomic E-state index is 0.306. The van der Waals surface area contributed by atoms with Crippen molar-refractivity contribution >= 4 is 16.8 Å². The molecular weight excluding hydrogens is 274 g/mol. The first-order valence-corrected chi connectivity index (χ1v) is 8.38. The summed E-state index contributed by atoms with van der Waals surface area (Å²) in [6.45, 7) is 3.93. The van der Waals surface area contributed by atoms with E-state index in [1.54, 1.807) is 0 Å². The van der Waals surface area contributed by atoms with Crippen LogP contribution in [0.25, 0.3) is 10.9 Å². The molecule has 116 valence electrons. The monoisotopic (exact) mass is 297 g/mol. The molecule has 0 unspecified atom stereocenters. The van der Waals surface area contributed by atoms with Gasteiger partial charge in [0, 0.05) is 55.7 Å². The van der Waals surface area contributed by atoms with E-state index in [1.807, 2.05) is 17.2 Å². The zero-order chi connectivity index (χ0) is 14.9. The molecule has 1 amide bonds. The molecule has 2 fully saturated rings. The molecule has 0 spiro atoms. The van der Waals surface area contributed by atoms with Gasteiger partial charge in [0.05, 0.1) is 0 Å². The van der Waals surface area contributed by atoms with Gasteiger partial charge in [-0.25, -0.2) is 0 Å². The van der Waals surface area contributed by atoms with Crippen LogP contribution in [0.5, 0.6) is 0 Å². The second-order valence-electron chi connectivity index (χ2n) is 6.51. The van der Waals surface area contributed by atoms with Crippen LogP contribution in [-0.2, 0) is 11.2 Å². The van der Waals surface area contributed by atoms with Crippen LogP contribution >= 0.6 is 0 Å². The molecule has 1 aliphatic heterocycles. The lowest BCUT2D eigenvalue weighted by molar-refractivity contribution is -0.133. The fraction of sp³-hybridized carbons (Fsp3) is 0.500. The molecule has 4 nitrogen and oxygen atoms in total. The third-order valence-corrected chi connectivity index (χ3v) is 5.01. The van der Waals surface area contributed by atoms with Crippen molar-refractivity contribution in [1.29, 1.82) is 0 Å². The quantitative estimate of drug-likeness (QED) is 0.941. The number of hydrogen-bond donors (Lipinski definition) is 1. The molecule has 1 saturated heterocycles. The lowest BCUT2D eigenvalue weighted by Gasteiger charge is -2.34. The van der Waals surface area contributed by atoms with Gasteiger partial charge in [-0.3, -0.25) is 9.69 Å².